The first kappa shape index (κ1) is 13.6. The van der Waals surface area contributed by atoms with E-state index in [1.54, 1.807) is 11.8 Å². The molecule has 1 atom stereocenters. The highest BCUT2D eigenvalue weighted by Gasteiger charge is 2.48. The van der Waals surface area contributed by atoms with Crippen molar-refractivity contribution in [3.05, 3.63) is 0 Å². The summed E-state index contributed by atoms with van der Waals surface area (Å²) in [5.41, 5.74) is -0.345. The summed E-state index contributed by atoms with van der Waals surface area (Å²) in [6, 6.07) is 0. The molecule has 0 aliphatic carbocycles. The molecule has 94 valence electrons. The van der Waals surface area contributed by atoms with Crippen LogP contribution >= 0.6 is 0 Å². The van der Waals surface area contributed by atoms with Gasteiger partial charge >= 0.3 is 8.80 Å². The van der Waals surface area contributed by atoms with Crippen LogP contribution < -0.4 is 0 Å². The molecule has 1 fully saturated rings. The minimum Gasteiger partial charge on any atom is -0.389 e. The number of rotatable bonds is 6. The van der Waals surface area contributed by atoms with E-state index in [0.29, 0.717) is 26.2 Å². The molecular weight excluding hydrogens is 226 g/mol. The molecule has 16 heavy (non-hydrogen) atoms. The first-order valence-corrected chi connectivity index (χ1v) is 7.69. The molecule has 0 saturated carbocycles. The molecule has 0 aromatic heterocycles. The summed E-state index contributed by atoms with van der Waals surface area (Å²) in [6.07, 6.45) is 1.42. The normalized spacial score (nSPS) is 19.2. The van der Waals surface area contributed by atoms with Crippen molar-refractivity contribution in [3.8, 4) is 0 Å². The molecule has 5 nitrogen and oxygen atoms in total. The Morgan fingerprint density at radius 2 is 2.00 bits per heavy atom. The molecule has 1 amide bonds. The summed E-state index contributed by atoms with van der Waals surface area (Å²) >= 11 is 0. The quantitative estimate of drug-likeness (QED) is 0.696. The number of likely N-dealkylation sites (tertiary alicyclic amines) is 1. The Labute approximate surface area is 97.7 Å². The highest BCUT2D eigenvalue weighted by Crippen LogP contribution is 2.21. The van der Waals surface area contributed by atoms with Crippen molar-refractivity contribution in [1.29, 1.82) is 0 Å². The summed E-state index contributed by atoms with van der Waals surface area (Å²) in [7, 11) is -3.25. The van der Waals surface area contributed by atoms with Crippen LogP contribution in [0.5, 0.6) is 0 Å². The number of amides is 1. The highest BCUT2D eigenvalue weighted by atomic mass is 28.4. The summed E-state index contributed by atoms with van der Waals surface area (Å²) in [5, 5.41) is 0. The van der Waals surface area contributed by atoms with Crippen molar-refractivity contribution < 1.29 is 18.4 Å². The molecule has 1 rings (SSSR count). The lowest BCUT2D eigenvalue weighted by atomic mass is 10.4. The molecule has 1 aliphatic rings. The largest absolute Gasteiger partial charge is 0.521 e. The number of hydrogen-bond donors (Lipinski definition) is 1. The molecule has 1 saturated heterocycles. The Hall–Kier alpha value is -0.433. The van der Waals surface area contributed by atoms with Crippen molar-refractivity contribution in [2.24, 2.45) is 0 Å². The van der Waals surface area contributed by atoms with Crippen LogP contribution in [-0.2, 0) is 13.6 Å². The standard InChI is InChI=1S/C10H21NO4Si/c1-4-14-16(13,15-5-2)9(3)11-8-6-7-10(11)12/h9,13H,4-8H2,1-3H3. The molecule has 1 unspecified atom stereocenters. The number of hydrogen-bond acceptors (Lipinski definition) is 4. The molecule has 0 radical (unpaired) electrons. The van der Waals surface area contributed by atoms with Gasteiger partial charge in [-0.05, 0) is 27.2 Å². The van der Waals surface area contributed by atoms with Crippen LogP contribution in [-0.4, -0.2) is 49.8 Å². The van der Waals surface area contributed by atoms with E-state index < -0.39 is 8.80 Å². The minimum atomic E-state index is -3.25. The SMILES string of the molecule is CCO[Si](O)(OCC)C(C)N1CCCC1=O. The van der Waals surface area contributed by atoms with Crippen LogP contribution in [0.2, 0.25) is 0 Å². The van der Waals surface area contributed by atoms with Crippen molar-refractivity contribution in [2.45, 2.75) is 39.3 Å². The van der Waals surface area contributed by atoms with Gasteiger partial charge in [-0.1, -0.05) is 0 Å². The Kier molecular flexibility index (Phi) is 4.91. The molecule has 6 heteroatoms. The van der Waals surface area contributed by atoms with Crippen LogP contribution in [0.4, 0.5) is 0 Å². The van der Waals surface area contributed by atoms with E-state index >= 15 is 0 Å². The van der Waals surface area contributed by atoms with Gasteiger partial charge in [-0.3, -0.25) is 4.79 Å². The topological polar surface area (TPSA) is 59.0 Å². The zero-order chi connectivity index (χ0) is 12.2. The summed E-state index contributed by atoms with van der Waals surface area (Å²) in [6.45, 7) is 6.92. The molecule has 1 heterocycles. The Morgan fingerprint density at radius 1 is 1.44 bits per heavy atom. The molecule has 1 aliphatic heterocycles. The predicted octanol–water partition coefficient (Wildman–Crippen LogP) is 0.541. The third-order valence-electron chi connectivity index (χ3n) is 2.81. The average molecular weight is 247 g/mol. The monoisotopic (exact) mass is 247 g/mol. The van der Waals surface area contributed by atoms with E-state index in [4.69, 9.17) is 8.85 Å². The van der Waals surface area contributed by atoms with Gasteiger partial charge in [-0.2, -0.15) is 0 Å². The second kappa shape index (κ2) is 5.76. The van der Waals surface area contributed by atoms with E-state index in [1.807, 2.05) is 13.8 Å². The van der Waals surface area contributed by atoms with Gasteiger partial charge in [0.25, 0.3) is 0 Å². The first-order chi connectivity index (χ1) is 7.55. The molecule has 0 bridgehead atoms. The molecule has 1 N–H and O–H groups in total. The van der Waals surface area contributed by atoms with Crippen LogP contribution in [0, 0.1) is 0 Å². The molecule has 0 aromatic carbocycles. The van der Waals surface area contributed by atoms with Crippen molar-refractivity contribution in [3.63, 3.8) is 0 Å². The second-order valence-corrected chi connectivity index (χ2v) is 6.54. The van der Waals surface area contributed by atoms with E-state index in [-0.39, 0.29) is 11.6 Å². The first-order valence-electron chi connectivity index (χ1n) is 5.85. The minimum absolute atomic E-state index is 0.0813. The summed E-state index contributed by atoms with van der Waals surface area (Å²) in [5.74, 6) is 0.0813. The second-order valence-electron chi connectivity index (χ2n) is 3.86. The van der Waals surface area contributed by atoms with Crippen molar-refractivity contribution in [1.82, 2.24) is 4.90 Å². The highest BCUT2D eigenvalue weighted by molar-refractivity contribution is 6.61. The van der Waals surface area contributed by atoms with Crippen molar-refractivity contribution in [2.75, 3.05) is 19.8 Å². The van der Waals surface area contributed by atoms with Gasteiger partial charge in [0.05, 0.1) is 5.67 Å². The third kappa shape index (κ3) is 2.82. The van der Waals surface area contributed by atoms with Crippen LogP contribution in [0.1, 0.15) is 33.6 Å². The lowest BCUT2D eigenvalue weighted by Crippen LogP contribution is -2.60. The Balaban J connectivity index is 2.72. The average Bonchev–Trinajstić information content (AvgIpc) is 2.64. The van der Waals surface area contributed by atoms with Gasteiger partial charge < -0.3 is 18.5 Å². The Bertz CT molecular complexity index is 243. The third-order valence-corrected chi connectivity index (χ3v) is 5.58. The lowest BCUT2D eigenvalue weighted by molar-refractivity contribution is -0.129. The fourth-order valence-corrected chi connectivity index (χ4v) is 4.03. The van der Waals surface area contributed by atoms with Gasteiger partial charge in [0.1, 0.15) is 0 Å². The zero-order valence-corrected chi connectivity index (χ0v) is 11.2. The maximum atomic E-state index is 11.6. The fourth-order valence-electron chi connectivity index (χ4n) is 1.97. The number of nitrogens with zero attached hydrogens (tertiary/aromatic N) is 1. The van der Waals surface area contributed by atoms with E-state index in [1.165, 1.54) is 0 Å². The maximum Gasteiger partial charge on any atom is 0.521 e. The van der Waals surface area contributed by atoms with E-state index in [2.05, 4.69) is 0 Å². The van der Waals surface area contributed by atoms with E-state index in [9.17, 15) is 9.59 Å². The van der Waals surface area contributed by atoms with Crippen molar-refractivity contribution >= 4 is 14.7 Å². The molecule has 0 aromatic rings. The lowest BCUT2D eigenvalue weighted by Gasteiger charge is -2.34. The van der Waals surface area contributed by atoms with Crippen LogP contribution in [0.25, 0.3) is 0 Å². The van der Waals surface area contributed by atoms with E-state index in [0.717, 1.165) is 6.42 Å². The van der Waals surface area contributed by atoms with Crippen LogP contribution in [0.15, 0.2) is 0 Å². The molecular formula is C10H21NO4Si. The number of carbonyl (C=O) groups is 1. The predicted molar refractivity (Wildman–Crippen MR) is 61.6 cm³/mol. The smallest absolute Gasteiger partial charge is 0.389 e. The fraction of sp³-hybridized carbons (Fsp3) is 0.900. The zero-order valence-electron chi connectivity index (χ0n) is 10.2. The summed E-state index contributed by atoms with van der Waals surface area (Å²) < 4.78 is 10.7. The maximum absolute atomic E-state index is 11.6. The van der Waals surface area contributed by atoms with Gasteiger partial charge in [-0.25, -0.2) is 0 Å². The molecule has 0 spiro atoms. The van der Waals surface area contributed by atoms with Gasteiger partial charge in [0.15, 0.2) is 0 Å². The Morgan fingerprint density at radius 3 is 2.38 bits per heavy atom. The van der Waals surface area contributed by atoms with Gasteiger partial charge in [0, 0.05) is 26.2 Å². The van der Waals surface area contributed by atoms with Gasteiger partial charge in [0.2, 0.25) is 5.91 Å². The van der Waals surface area contributed by atoms with Crippen LogP contribution in [0.3, 0.4) is 0 Å². The summed E-state index contributed by atoms with van der Waals surface area (Å²) in [4.78, 5) is 23.6. The number of carbonyl (C=O) groups excluding carboxylic acids is 1. The van der Waals surface area contributed by atoms with Gasteiger partial charge in [-0.15, -0.1) is 0 Å².